The fourth-order valence-electron chi connectivity index (χ4n) is 6.23. The summed E-state index contributed by atoms with van der Waals surface area (Å²) in [7, 11) is 0. The Kier molecular flexibility index (Phi) is 5.36. The van der Waals surface area contributed by atoms with Crippen LogP contribution in [0.25, 0.3) is 65.4 Å². The minimum atomic E-state index is 0.360. The summed E-state index contributed by atoms with van der Waals surface area (Å²) in [5.74, 6) is 0.360. The average molecular weight is 528 g/mol. The Morgan fingerprint density at radius 2 is 1.15 bits per heavy atom. The maximum absolute atomic E-state index is 6.68. The van der Waals surface area contributed by atoms with Gasteiger partial charge in [0.15, 0.2) is 5.58 Å². The van der Waals surface area contributed by atoms with Gasteiger partial charge >= 0.3 is 0 Å². The standard InChI is InChI=1S/C39H29NO/c1-24(2)35-23-31-10-5-6-11-33(31)37-34-12-7-13-36(38(34)41-39(35)37)40-32-19-18-29-21-28(16-17-30(29)22-32)27-15-14-25-8-3-4-9-26(25)20-27/h3-24,40H,1-2H3. The number of fused-ring (bicyclic) bond motifs is 7. The van der Waals surface area contributed by atoms with Crippen LogP contribution in [0.15, 0.2) is 132 Å². The lowest BCUT2D eigenvalue weighted by Gasteiger charge is -2.10. The fraction of sp³-hybridized carbons (Fsp3) is 0.0769. The Hall–Kier alpha value is -5.08. The van der Waals surface area contributed by atoms with Gasteiger partial charge in [-0.2, -0.15) is 0 Å². The predicted molar refractivity (Wildman–Crippen MR) is 175 cm³/mol. The van der Waals surface area contributed by atoms with Crippen molar-refractivity contribution >= 4 is 65.6 Å². The number of nitrogens with one attached hydrogen (secondary N) is 1. The molecule has 0 saturated heterocycles. The van der Waals surface area contributed by atoms with Crippen LogP contribution in [-0.4, -0.2) is 0 Å². The second-order valence-electron chi connectivity index (χ2n) is 11.3. The lowest BCUT2D eigenvalue weighted by Crippen LogP contribution is -1.90. The van der Waals surface area contributed by atoms with Crippen molar-refractivity contribution < 1.29 is 4.42 Å². The molecule has 1 aromatic heterocycles. The Morgan fingerprint density at radius 3 is 1.95 bits per heavy atom. The van der Waals surface area contributed by atoms with E-state index in [0.717, 1.165) is 27.9 Å². The van der Waals surface area contributed by atoms with Crippen molar-refractivity contribution in [2.24, 2.45) is 0 Å². The molecular formula is C39H29NO. The van der Waals surface area contributed by atoms with Gasteiger partial charge in [0.2, 0.25) is 0 Å². The van der Waals surface area contributed by atoms with Crippen LogP contribution in [0.3, 0.4) is 0 Å². The Labute approximate surface area is 238 Å². The van der Waals surface area contributed by atoms with Crippen LogP contribution in [0.5, 0.6) is 0 Å². The summed E-state index contributed by atoms with van der Waals surface area (Å²) in [6.45, 7) is 4.47. The van der Waals surface area contributed by atoms with Crippen molar-refractivity contribution in [2.45, 2.75) is 19.8 Å². The highest BCUT2D eigenvalue weighted by atomic mass is 16.3. The van der Waals surface area contributed by atoms with Crippen LogP contribution in [0.4, 0.5) is 11.4 Å². The SMILES string of the molecule is CC(C)c1cc2ccccc2c2c1oc1c(Nc3ccc4cc(-c5ccc6ccccc6c5)ccc4c3)cccc12. The first kappa shape index (κ1) is 23.8. The lowest BCUT2D eigenvalue weighted by molar-refractivity contribution is 0.658. The lowest BCUT2D eigenvalue weighted by atomic mass is 9.95. The van der Waals surface area contributed by atoms with Gasteiger partial charge in [0.1, 0.15) is 5.58 Å². The normalized spacial score (nSPS) is 11.9. The van der Waals surface area contributed by atoms with Gasteiger partial charge in [0, 0.05) is 16.5 Å². The third kappa shape index (κ3) is 3.95. The molecule has 2 heteroatoms. The summed E-state index contributed by atoms with van der Waals surface area (Å²) in [5, 5.41) is 13.4. The summed E-state index contributed by atoms with van der Waals surface area (Å²) in [6, 6.07) is 45.8. The van der Waals surface area contributed by atoms with E-state index >= 15 is 0 Å². The van der Waals surface area contributed by atoms with E-state index in [1.807, 2.05) is 0 Å². The Morgan fingerprint density at radius 1 is 0.512 bits per heavy atom. The highest BCUT2D eigenvalue weighted by Crippen LogP contribution is 2.42. The molecule has 8 rings (SSSR count). The molecule has 196 valence electrons. The van der Waals surface area contributed by atoms with Gasteiger partial charge in [-0.3, -0.25) is 0 Å². The summed E-state index contributed by atoms with van der Waals surface area (Å²) in [5.41, 5.74) is 7.60. The Bertz CT molecular complexity index is 2270. The van der Waals surface area contributed by atoms with E-state index in [9.17, 15) is 0 Å². The van der Waals surface area contributed by atoms with Gasteiger partial charge in [-0.1, -0.05) is 105 Å². The van der Waals surface area contributed by atoms with Crippen LogP contribution in [0.1, 0.15) is 25.3 Å². The number of para-hydroxylation sites is 1. The van der Waals surface area contributed by atoms with Gasteiger partial charge in [0.05, 0.1) is 5.69 Å². The molecule has 0 aliphatic heterocycles. The second kappa shape index (κ2) is 9.25. The highest BCUT2D eigenvalue weighted by molar-refractivity contribution is 6.21. The van der Waals surface area contributed by atoms with Crippen LogP contribution in [0, 0.1) is 0 Å². The van der Waals surface area contributed by atoms with Crippen LogP contribution in [-0.2, 0) is 0 Å². The molecule has 0 aliphatic rings. The number of benzene rings is 7. The molecule has 1 heterocycles. The molecular weight excluding hydrogens is 498 g/mol. The summed E-state index contributed by atoms with van der Waals surface area (Å²) in [6.07, 6.45) is 0. The van der Waals surface area contributed by atoms with E-state index in [1.165, 1.54) is 54.4 Å². The van der Waals surface area contributed by atoms with E-state index in [2.05, 4.69) is 147 Å². The zero-order chi connectivity index (χ0) is 27.5. The molecule has 7 aromatic carbocycles. The molecule has 0 spiro atoms. The van der Waals surface area contributed by atoms with Gasteiger partial charge in [-0.05, 0) is 91.3 Å². The summed E-state index contributed by atoms with van der Waals surface area (Å²) < 4.78 is 6.68. The first-order valence-electron chi connectivity index (χ1n) is 14.3. The molecule has 0 amide bonds. The van der Waals surface area contributed by atoms with E-state index in [0.29, 0.717) is 5.92 Å². The minimum Gasteiger partial charge on any atom is -0.454 e. The molecule has 41 heavy (non-hydrogen) atoms. The molecule has 0 saturated carbocycles. The third-order valence-electron chi connectivity index (χ3n) is 8.34. The van der Waals surface area contributed by atoms with Crippen LogP contribution in [0.2, 0.25) is 0 Å². The van der Waals surface area contributed by atoms with Crippen molar-refractivity contribution in [3.05, 3.63) is 133 Å². The monoisotopic (exact) mass is 527 g/mol. The smallest absolute Gasteiger partial charge is 0.158 e. The van der Waals surface area contributed by atoms with Crippen molar-refractivity contribution in [1.29, 1.82) is 0 Å². The van der Waals surface area contributed by atoms with Gasteiger partial charge < -0.3 is 9.73 Å². The van der Waals surface area contributed by atoms with Crippen molar-refractivity contribution in [3.63, 3.8) is 0 Å². The van der Waals surface area contributed by atoms with E-state index in [-0.39, 0.29) is 0 Å². The third-order valence-corrected chi connectivity index (χ3v) is 8.34. The highest BCUT2D eigenvalue weighted by Gasteiger charge is 2.18. The number of anilines is 2. The van der Waals surface area contributed by atoms with Crippen molar-refractivity contribution in [1.82, 2.24) is 0 Å². The van der Waals surface area contributed by atoms with Gasteiger partial charge in [-0.15, -0.1) is 0 Å². The first-order valence-corrected chi connectivity index (χ1v) is 14.3. The van der Waals surface area contributed by atoms with Crippen LogP contribution >= 0.6 is 0 Å². The van der Waals surface area contributed by atoms with E-state index in [4.69, 9.17) is 4.42 Å². The molecule has 0 radical (unpaired) electrons. The fourth-order valence-corrected chi connectivity index (χ4v) is 6.23. The molecule has 8 aromatic rings. The molecule has 0 atom stereocenters. The quantitative estimate of drug-likeness (QED) is 0.246. The van der Waals surface area contributed by atoms with Gasteiger partial charge in [-0.25, -0.2) is 0 Å². The number of rotatable bonds is 4. The maximum atomic E-state index is 6.68. The second-order valence-corrected chi connectivity index (χ2v) is 11.3. The largest absolute Gasteiger partial charge is 0.454 e. The molecule has 0 fully saturated rings. The Balaban J connectivity index is 1.20. The molecule has 0 unspecified atom stereocenters. The maximum Gasteiger partial charge on any atom is 0.158 e. The summed E-state index contributed by atoms with van der Waals surface area (Å²) in [4.78, 5) is 0. The number of furan rings is 1. The van der Waals surface area contributed by atoms with Crippen molar-refractivity contribution in [2.75, 3.05) is 5.32 Å². The number of hydrogen-bond acceptors (Lipinski definition) is 2. The zero-order valence-corrected chi connectivity index (χ0v) is 23.1. The molecule has 1 N–H and O–H groups in total. The topological polar surface area (TPSA) is 25.2 Å². The van der Waals surface area contributed by atoms with Crippen LogP contribution < -0.4 is 5.32 Å². The number of hydrogen-bond donors (Lipinski definition) is 1. The molecule has 0 bridgehead atoms. The predicted octanol–water partition coefficient (Wildman–Crippen LogP) is 11.6. The minimum absolute atomic E-state index is 0.360. The molecule has 0 aliphatic carbocycles. The van der Waals surface area contributed by atoms with E-state index < -0.39 is 0 Å². The van der Waals surface area contributed by atoms with E-state index in [1.54, 1.807) is 0 Å². The molecule has 2 nitrogen and oxygen atoms in total. The summed E-state index contributed by atoms with van der Waals surface area (Å²) >= 11 is 0. The average Bonchev–Trinajstić information content (AvgIpc) is 3.41. The zero-order valence-electron chi connectivity index (χ0n) is 23.1. The van der Waals surface area contributed by atoms with Crippen molar-refractivity contribution in [3.8, 4) is 11.1 Å². The first-order chi connectivity index (χ1) is 20.1. The van der Waals surface area contributed by atoms with Gasteiger partial charge in [0.25, 0.3) is 0 Å².